The number of carbonyl (C=O) groups excluding carboxylic acids is 3. The van der Waals surface area contributed by atoms with Crippen molar-refractivity contribution in [2.24, 2.45) is 0 Å². The van der Waals surface area contributed by atoms with Crippen molar-refractivity contribution in [2.45, 2.75) is 26.7 Å². The molecule has 0 aliphatic carbocycles. The molecule has 0 aromatic heterocycles. The Morgan fingerprint density at radius 2 is 1.93 bits per heavy atom. The molecule has 0 saturated carbocycles. The topological polar surface area (TPSA) is 72.5 Å². The van der Waals surface area contributed by atoms with E-state index in [0.717, 1.165) is 0 Å². The second-order valence-corrected chi connectivity index (χ2v) is 2.75. The lowest BCUT2D eigenvalue weighted by Crippen LogP contribution is -2.24. The smallest absolute Gasteiger partial charge is 0.313 e. The molecule has 0 heterocycles. The van der Waals surface area contributed by atoms with Gasteiger partial charge in [0, 0.05) is 19.9 Å². The molecule has 0 aromatic carbocycles. The normalized spacial score (nSPS) is 9.29. The lowest BCUT2D eigenvalue weighted by molar-refractivity contribution is -0.145. The largest absolute Gasteiger partial charge is 0.466 e. The lowest BCUT2D eigenvalue weighted by atomic mass is 10.2. The van der Waals surface area contributed by atoms with E-state index in [0.29, 0.717) is 0 Å². The zero-order valence-electron chi connectivity index (χ0n) is 8.46. The fourth-order valence-corrected chi connectivity index (χ4v) is 0.839. The van der Waals surface area contributed by atoms with Crippen LogP contribution in [0.25, 0.3) is 0 Å². The maximum absolute atomic E-state index is 11.1. The third kappa shape index (κ3) is 7.27. The van der Waals surface area contributed by atoms with Crippen molar-refractivity contribution in [1.29, 1.82) is 0 Å². The van der Waals surface area contributed by atoms with Gasteiger partial charge in [-0.25, -0.2) is 0 Å². The Morgan fingerprint density at radius 1 is 1.29 bits per heavy atom. The van der Waals surface area contributed by atoms with Crippen LogP contribution in [0.5, 0.6) is 0 Å². The van der Waals surface area contributed by atoms with Gasteiger partial charge in [0.2, 0.25) is 5.91 Å². The monoisotopic (exact) mass is 201 g/mol. The van der Waals surface area contributed by atoms with E-state index in [4.69, 9.17) is 0 Å². The number of ketones is 1. The number of carbonyl (C=O) groups is 3. The van der Waals surface area contributed by atoms with Gasteiger partial charge in [-0.2, -0.15) is 0 Å². The second kappa shape index (κ2) is 7.06. The maximum atomic E-state index is 11.1. The van der Waals surface area contributed by atoms with Gasteiger partial charge in [-0.05, 0) is 6.92 Å². The maximum Gasteiger partial charge on any atom is 0.313 e. The number of ether oxygens (including phenoxy) is 1. The molecule has 14 heavy (non-hydrogen) atoms. The van der Waals surface area contributed by atoms with E-state index in [1.165, 1.54) is 6.92 Å². The van der Waals surface area contributed by atoms with Crippen molar-refractivity contribution in [3.05, 3.63) is 0 Å². The van der Waals surface area contributed by atoms with E-state index in [-0.39, 0.29) is 37.7 Å². The molecule has 0 radical (unpaired) electrons. The standard InChI is InChI=1S/C9H15NO4/c1-3-14-9(13)6-8(12)4-5-10-7(2)11/h3-6H2,1-2H3,(H,10,11). The quantitative estimate of drug-likeness (QED) is 0.486. The molecule has 0 aromatic rings. The molecular formula is C9H15NO4. The van der Waals surface area contributed by atoms with Crippen LogP contribution in [-0.4, -0.2) is 30.8 Å². The highest BCUT2D eigenvalue weighted by molar-refractivity contribution is 5.95. The summed E-state index contributed by atoms with van der Waals surface area (Å²) >= 11 is 0. The van der Waals surface area contributed by atoms with Gasteiger partial charge in [-0.15, -0.1) is 0 Å². The zero-order valence-corrected chi connectivity index (χ0v) is 8.46. The first-order valence-electron chi connectivity index (χ1n) is 4.48. The van der Waals surface area contributed by atoms with Crippen molar-refractivity contribution in [3.8, 4) is 0 Å². The summed E-state index contributed by atoms with van der Waals surface area (Å²) < 4.78 is 4.59. The molecule has 0 bridgehead atoms. The van der Waals surface area contributed by atoms with Gasteiger partial charge in [-0.1, -0.05) is 0 Å². The second-order valence-electron chi connectivity index (χ2n) is 2.75. The van der Waals surface area contributed by atoms with Crippen LogP contribution in [0.1, 0.15) is 26.7 Å². The number of hydrogen-bond donors (Lipinski definition) is 1. The van der Waals surface area contributed by atoms with Gasteiger partial charge in [0.05, 0.1) is 6.61 Å². The molecule has 80 valence electrons. The number of esters is 1. The summed E-state index contributed by atoms with van der Waals surface area (Å²) in [5.41, 5.74) is 0. The van der Waals surface area contributed by atoms with Gasteiger partial charge < -0.3 is 10.1 Å². The first-order valence-corrected chi connectivity index (χ1v) is 4.48. The SMILES string of the molecule is CCOC(=O)CC(=O)CCNC(C)=O. The highest BCUT2D eigenvalue weighted by Gasteiger charge is 2.09. The van der Waals surface area contributed by atoms with Crippen molar-refractivity contribution in [3.63, 3.8) is 0 Å². The van der Waals surface area contributed by atoms with Crippen molar-refractivity contribution < 1.29 is 19.1 Å². The Balaban J connectivity index is 3.55. The average Bonchev–Trinajstić information content (AvgIpc) is 2.03. The van der Waals surface area contributed by atoms with E-state index in [2.05, 4.69) is 10.1 Å². The summed E-state index contributed by atoms with van der Waals surface area (Å²) in [5.74, 6) is -0.925. The van der Waals surface area contributed by atoms with Crippen LogP contribution in [-0.2, 0) is 19.1 Å². The van der Waals surface area contributed by atoms with Gasteiger partial charge in [0.25, 0.3) is 0 Å². The number of Topliss-reactive ketones (excluding diaryl/α,β-unsaturated/α-hetero) is 1. The molecule has 0 aliphatic rings. The van der Waals surface area contributed by atoms with Crippen LogP contribution in [0.3, 0.4) is 0 Å². The van der Waals surface area contributed by atoms with E-state index in [1.807, 2.05) is 0 Å². The summed E-state index contributed by atoms with van der Waals surface area (Å²) in [6.07, 6.45) is -0.0498. The average molecular weight is 201 g/mol. The Bertz CT molecular complexity index is 225. The van der Waals surface area contributed by atoms with E-state index >= 15 is 0 Å². The zero-order chi connectivity index (χ0) is 11.0. The molecule has 0 spiro atoms. The predicted molar refractivity (Wildman–Crippen MR) is 49.6 cm³/mol. The summed E-state index contributed by atoms with van der Waals surface area (Å²) in [7, 11) is 0. The summed E-state index contributed by atoms with van der Waals surface area (Å²) in [5, 5.41) is 2.47. The molecule has 1 N–H and O–H groups in total. The van der Waals surface area contributed by atoms with Crippen LogP contribution < -0.4 is 5.32 Å². The highest BCUT2D eigenvalue weighted by Crippen LogP contribution is 1.92. The van der Waals surface area contributed by atoms with Crippen molar-refractivity contribution in [1.82, 2.24) is 5.32 Å². The summed E-state index contributed by atoms with van der Waals surface area (Å²) in [4.78, 5) is 32.3. The molecule has 5 heteroatoms. The minimum Gasteiger partial charge on any atom is -0.466 e. The number of amides is 1. The first kappa shape index (κ1) is 12.6. The van der Waals surface area contributed by atoms with Gasteiger partial charge in [-0.3, -0.25) is 14.4 Å². The number of hydrogen-bond acceptors (Lipinski definition) is 4. The Kier molecular flexibility index (Phi) is 6.36. The lowest BCUT2D eigenvalue weighted by Gasteiger charge is -2.02. The van der Waals surface area contributed by atoms with Gasteiger partial charge >= 0.3 is 5.97 Å². The van der Waals surface area contributed by atoms with E-state index in [1.54, 1.807) is 6.92 Å². The fraction of sp³-hybridized carbons (Fsp3) is 0.667. The Labute approximate surface area is 82.8 Å². The van der Waals surface area contributed by atoms with Gasteiger partial charge in [0.1, 0.15) is 12.2 Å². The molecular weight excluding hydrogens is 186 g/mol. The number of rotatable bonds is 6. The molecule has 1 amide bonds. The van der Waals surface area contributed by atoms with Crippen LogP contribution in [0.15, 0.2) is 0 Å². The van der Waals surface area contributed by atoms with Gasteiger partial charge in [0.15, 0.2) is 0 Å². The van der Waals surface area contributed by atoms with E-state index < -0.39 is 5.97 Å². The summed E-state index contributed by atoms with van der Waals surface area (Å²) in [6, 6.07) is 0. The molecule has 5 nitrogen and oxygen atoms in total. The predicted octanol–water partition coefficient (Wildman–Crippen LogP) is 0.0349. The third-order valence-electron chi connectivity index (χ3n) is 1.42. The van der Waals surface area contributed by atoms with Crippen LogP contribution in [0, 0.1) is 0 Å². The molecule has 0 aliphatic heterocycles. The molecule has 0 rings (SSSR count). The molecule has 0 atom stereocenters. The van der Waals surface area contributed by atoms with Crippen LogP contribution >= 0.6 is 0 Å². The molecule has 0 saturated heterocycles. The van der Waals surface area contributed by atoms with E-state index in [9.17, 15) is 14.4 Å². The fourth-order valence-electron chi connectivity index (χ4n) is 0.839. The first-order chi connectivity index (χ1) is 6.56. The minimum atomic E-state index is -0.514. The van der Waals surface area contributed by atoms with Crippen LogP contribution in [0.4, 0.5) is 0 Å². The minimum absolute atomic E-state index is 0.165. The summed E-state index contributed by atoms with van der Waals surface area (Å²) in [6.45, 7) is 3.60. The van der Waals surface area contributed by atoms with Crippen molar-refractivity contribution in [2.75, 3.05) is 13.2 Å². The number of nitrogens with one attached hydrogen (secondary N) is 1. The Hall–Kier alpha value is -1.39. The highest BCUT2D eigenvalue weighted by atomic mass is 16.5. The van der Waals surface area contributed by atoms with Crippen LogP contribution in [0.2, 0.25) is 0 Å². The Morgan fingerprint density at radius 3 is 2.43 bits per heavy atom. The third-order valence-corrected chi connectivity index (χ3v) is 1.42. The van der Waals surface area contributed by atoms with Crippen molar-refractivity contribution >= 4 is 17.7 Å². The molecule has 0 unspecified atom stereocenters. The molecule has 0 fully saturated rings.